The van der Waals surface area contributed by atoms with Crippen molar-refractivity contribution in [3.8, 4) is 0 Å². The van der Waals surface area contributed by atoms with Gasteiger partial charge in [0.2, 0.25) is 5.91 Å². The summed E-state index contributed by atoms with van der Waals surface area (Å²) in [6.45, 7) is 10.3. The van der Waals surface area contributed by atoms with Gasteiger partial charge in [0.25, 0.3) is 0 Å². The van der Waals surface area contributed by atoms with E-state index in [2.05, 4.69) is 51.7 Å². The van der Waals surface area contributed by atoms with Crippen LogP contribution in [0.5, 0.6) is 0 Å². The third-order valence-electron chi connectivity index (χ3n) is 5.35. The van der Waals surface area contributed by atoms with Gasteiger partial charge in [-0.1, -0.05) is 44.2 Å². The number of rotatable bonds is 8. The van der Waals surface area contributed by atoms with Crippen LogP contribution in [0.4, 0.5) is 4.79 Å². The number of nitrogens with one attached hydrogen (secondary N) is 2. The first-order valence-corrected chi connectivity index (χ1v) is 10.4. The average Bonchev–Trinajstić information content (AvgIpc) is 2.67. The summed E-state index contributed by atoms with van der Waals surface area (Å²) in [7, 11) is 2.17. The monoisotopic (exact) mass is 388 g/mol. The number of urea groups is 1. The molecule has 0 aromatic heterocycles. The van der Waals surface area contributed by atoms with Gasteiger partial charge >= 0.3 is 6.03 Å². The van der Waals surface area contributed by atoms with E-state index in [1.807, 2.05) is 26.8 Å². The third-order valence-corrected chi connectivity index (χ3v) is 5.35. The number of amides is 3. The average molecular weight is 389 g/mol. The first-order valence-electron chi connectivity index (χ1n) is 10.4. The van der Waals surface area contributed by atoms with Crippen LogP contribution in [0.25, 0.3) is 0 Å². The molecule has 28 heavy (non-hydrogen) atoms. The number of hydrogen-bond donors (Lipinski definition) is 2. The van der Waals surface area contributed by atoms with Gasteiger partial charge in [-0.25, -0.2) is 4.79 Å². The van der Waals surface area contributed by atoms with E-state index in [-0.39, 0.29) is 11.9 Å². The molecule has 1 heterocycles. The van der Waals surface area contributed by atoms with Crippen LogP contribution in [0.15, 0.2) is 30.3 Å². The highest BCUT2D eigenvalue weighted by molar-refractivity contribution is 5.96. The minimum Gasteiger partial charge on any atom is -0.338 e. The molecule has 6 nitrogen and oxygen atoms in total. The fourth-order valence-electron chi connectivity index (χ4n) is 3.65. The molecule has 1 fully saturated rings. The van der Waals surface area contributed by atoms with Crippen molar-refractivity contribution in [3.05, 3.63) is 35.9 Å². The van der Waals surface area contributed by atoms with Gasteiger partial charge in [0.1, 0.15) is 0 Å². The van der Waals surface area contributed by atoms with E-state index < -0.39 is 6.03 Å². The topological polar surface area (TPSA) is 64.7 Å². The first kappa shape index (κ1) is 22.4. The molecule has 1 aromatic rings. The Morgan fingerprint density at radius 1 is 1.14 bits per heavy atom. The Hall–Kier alpha value is -1.92. The predicted molar refractivity (Wildman–Crippen MR) is 113 cm³/mol. The maximum atomic E-state index is 12.3. The normalized spacial score (nSPS) is 16.9. The van der Waals surface area contributed by atoms with Crippen LogP contribution in [-0.4, -0.2) is 61.0 Å². The summed E-state index contributed by atoms with van der Waals surface area (Å²) in [6.07, 6.45) is 2.16. The highest BCUT2D eigenvalue weighted by Crippen LogP contribution is 2.20. The van der Waals surface area contributed by atoms with Gasteiger partial charge in [-0.3, -0.25) is 15.0 Å². The Morgan fingerprint density at radius 3 is 2.39 bits per heavy atom. The zero-order valence-corrected chi connectivity index (χ0v) is 17.8. The minimum absolute atomic E-state index is 0.221. The molecule has 0 saturated carbocycles. The molecule has 0 bridgehead atoms. The molecule has 2 N–H and O–H groups in total. The Kier molecular flexibility index (Phi) is 8.93. The van der Waals surface area contributed by atoms with Crippen LogP contribution in [0.2, 0.25) is 0 Å². The van der Waals surface area contributed by atoms with Crippen molar-refractivity contribution < 1.29 is 9.59 Å². The molecule has 0 spiro atoms. The molecule has 1 unspecified atom stereocenters. The van der Waals surface area contributed by atoms with E-state index in [0.29, 0.717) is 18.4 Å². The second kappa shape index (κ2) is 11.2. The summed E-state index contributed by atoms with van der Waals surface area (Å²) < 4.78 is 0. The second-order valence-electron chi connectivity index (χ2n) is 8.43. The fraction of sp³-hybridized carbons (Fsp3) is 0.636. The summed E-state index contributed by atoms with van der Waals surface area (Å²) in [5.74, 6) is 0.785. The van der Waals surface area contributed by atoms with E-state index in [1.54, 1.807) is 0 Å². The molecule has 2 rings (SSSR count). The van der Waals surface area contributed by atoms with Crippen molar-refractivity contribution in [2.24, 2.45) is 11.8 Å². The summed E-state index contributed by atoms with van der Waals surface area (Å²) in [5, 5.41) is 5.19. The van der Waals surface area contributed by atoms with E-state index in [0.717, 1.165) is 39.0 Å². The van der Waals surface area contributed by atoms with Crippen LogP contribution in [0, 0.1) is 11.8 Å². The summed E-state index contributed by atoms with van der Waals surface area (Å²) in [5.41, 5.74) is 1.34. The quantitative estimate of drug-likeness (QED) is 0.719. The molecule has 1 atom stereocenters. The van der Waals surface area contributed by atoms with Crippen molar-refractivity contribution in [2.75, 3.05) is 33.2 Å². The number of piperidine rings is 1. The number of imide groups is 1. The summed E-state index contributed by atoms with van der Waals surface area (Å²) in [4.78, 5) is 28.7. The van der Waals surface area contributed by atoms with Gasteiger partial charge < -0.3 is 10.2 Å². The molecule has 1 aliphatic heterocycles. The molecule has 0 radical (unpaired) electrons. The number of carbonyl (C=O) groups excluding carboxylic acids is 2. The van der Waals surface area contributed by atoms with Crippen molar-refractivity contribution in [3.63, 3.8) is 0 Å². The number of benzene rings is 1. The van der Waals surface area contributed by atoms with Gasteiger partial charge in [0.05, 0.1) is 6.04 Å². The maximum absolute atomic E-state index is 12.3. The Balaban J connectivity index is 1.70. The first-order chi connectivity index (χ1) is 13.3. The maximum Gasteiger partial charge on any atom is 0.321 e. The van der Waals surface area contributed by atoms with Crippen LogP contribution in [-0.2, 0) is 11.3 Å². The van der Waals surface area contributed by atoms with Gasteiger partial charge in [-0.15, -0.1) is 0 Å². The van der Waals surface area contributed by atoms with Crippen molar-refractivity contribution in [1.29, 1.82) is 0 Å². The van der Waals surface area contributed by atoms with Gasteiger partial charge in [0.15, 0.2) is 0 Å². The van der Waals surface area contributed by atoms with Crippen molar-refractivity contribution >= 4 is 11.9 Å². The highest BCUT2D eigenvalue weighted by atomic mass is 16.2. The van der Waals surface area contributed by atoms with Crippen LogP contribution < -0.4 is 10.6 Å². The zero-order valence-electron chi connectivity index (χ0n) is 17.8. The van der Waals surface area contributed by atoms with Crippen molar-refractivity contribution in [2.45, 2.75) is 46.2 Å². The lowest BCUT2D eigenvalue weighted by molar-refractivity contribution is -0.125. The third kappa shape index (κ3) is 7.60. The molecule has 3 amide bonds. The van der Waals surface area contributed by atoms with Gasteiger partial charge in [-0.05, 0) is 57.3 Å². The fourth-order valence-corrected chi connectivity index (χ4v) is 3.65. The van der Waals surface area contributed by atoms with Crippen LogP contribution in [0.3, 0.4) is 0 Å². The van der Waals surface area contributed by atoms with Gasteiger partial charge in [0, 0.05) is 19.6 Å². The Labute approximate surface area is 169 Å². The predicted octanol–water partition coefficient (Wildman–Crippen LogP) is 2.70. The SMILES string of the molecule is CC(C)CNC(=O)NC(=O)C(C)N1CCC(CN(C)Cc2ccccc2)CC1. The van der Waals surface area contributed by atoms with Gasteiger partial charge in [-0.2, -0.15) is 0 Å². The summed E-state index contributed by atoms with van der Waals surface area (Å²) in [6, 6.07) is 9.85. The van der Waals surface area contributed by atoms with Crippen molar-refractivity contribution in [1.82, 2.24) is 20.4 Å². The van der Waals surface area contributed by atoms with E-state index in [1.165, 1.54) is 5.56 Å². The standard InChI is InChI=1S/C22H36N4O2/c1-17(2)14-23-22(28)24-21(27)18(3)26-12-10-20(11-13-26)16-25(4)15-19-8-6-5-7-9-19/h5-9,17-18,20H,10-16H2,1-4H3,(H2,23,24,27,28). The van der Waals surface area contributed by atoms with Crippen LogP contribution >= 0.6 is 0 Å². The lowest BCUT2D eigenvalue weighted by Gasteiger charge is -2.36. The van der Waals surface area contributed by atoms with E-state index in [9.17, 15) is 9.59 Å². The molecule has 0 aliphatic carbocycles. The molecule has 156 valence electrons. The molecule has 1 saturated heterocycles. The molecule has 1 aliphatic rings. The molecule has 6 heteroatoms. The minimum atomic E-state index is -0.400. The second-order valence-corrected chi connectivity index (χ2v) is 8.43. The largest absolute Gasteiger partial charge is 0.338 e. The highest BCUT2D eigenvalue weighted by Gasteiger charge is 2.27. The number of carbonyl (C=O) groups is 2. The van der Waals surface area contributed by atoms with E-state index in [4.69, 9.17) is 0 Å². The van der Waals surface area contributed by atoms with Crippen LogP contribution in [0.1, 0.15) is 39.2 Å². The lowest BCUT2D eigenvalue weighted by Crippen LogP contribution is -2.52. The zero-order chi connectivity index (χ0) is 20.5. The molecular weight excluding hydrogens is 352 g/mol. The number of hydrogen-bond acceptors (Lipinski definition) is 4. The lowest BCUT2D eigenvalue weighted by atomic mass is 9.95. The Morgan fingerprint density at radius 2 is 1.79 bits per heavy atom. The molecule has 1 aromatic carbocycles. The molecular formula is C22H36N4O2. The number of nitrogens with zero attached hydrogens (tertiary/aromatic N) is 2. The smallest absolute Gasteiger partial charge is 0.321 e. The Bertz CT molecular complexity index is 612. The summed E-state index contributed by atoms with van der Waals surface area (Å²) >= 11 is 0. The number of likely N-dealkylation sites (tertiary alicyclic amines) is 1. The van der Waals surface area contributed by atoms with E-state index >= 15 is 0 Å².